The van der Waals surface area contributed by atoms with E-state index in [9.17, 15) is 4.79 Å². The molecule has 0 bridgehead atoms. The first-order valence-corrected chi connectivity index (χ1v) is 3.20. The van der Waals surface area contributed by atoms with E-state index in [0.717, 1.165) is 6.42 Å². The number of allylic oxidation sites excluding steroid dienone is 1. The van der Waals surface area contributed by atoms with Crippen LogP contribution in [0.3, 0.4) is 0 Å². The van der Waals surface area contributed by atoms with Crippen LogP contribution < -0.4 is 11.5 Å². The Morgan fingerprint density at radius 1 is 1.80 bits per heavy atom. The quantitative estimate of drug-likeness (QED) is 0.549. The summed E-state index contributed by atoms with van der Waals surface area (Å²) < 4.78 is 0. The molecule has 0 aromatic heterocycles. The summed E-state index contributed by atoms with van der Waals surface area (Å²) in [4.78, 5) is 10.6. The summed E-state index contributed by atoms with van der Waals surface area (Å²) in [5.74, 6) is -0.464. The molecular formula is C7H14N2O. The largest absolute Gasteiger partial charge is 0.368 e. The summed E-state index contributed by atoms with van der Waals surface area (Å²) in [6, 6.07) is 0. The first-order valence-electron chi connectivity index (χ1n) is 3.20. The molecule has 10 heavy (non-hydrogen) atoms. The molecule has 0 aromatic carbocycles. The maximum absolute atomic E-state index is 10.6. The second-order valence-electron chi connectivity index (χ2n) is 2.61. The fourth-order valence-electron chi connectivity index (χ4n) is 0.525. The molecule has 4 N–H and O–H groups in total. The van der Waals surface area contributed by atoms with Gasteiger partial charge in [-0.1, -0.05) is 6.08 Å². The summed E-state index contributed by atoms with van der Waals surface area (Å²) in [6.07, 6.45) is 3.00. The Labute approximate surface area is 61.1 Å². The molecule has 0 rings (SSSR count). The Morgan fingerprint density at radius 3 is 2.60 bits per heavy atom. The standard InChI is InChI=1S/C7H14N2O/c1-3-4-5-7(2,9)6(8)10/h3H,1,4-5,9H2,2H3,(H2,8,10). The van der Waals surface area contributed by atoms with Crippen LogP contribution in [0.1, 0.15) is 19.8 Å². The topological polar surface area (TPSA) is 69.1 Å². The molecule has 0 spiro atoms. The van der Waals surface area contributed by atoms with Gasteiger partial charge in [0.05, 0.1) is 5.54 Å². The average molecular weight is 142 g/mol. The number of rotatable bonds is 4. The Bertz CT molecular complexity index is 141. The molecule has 0 saturated heterocycles. The first kappa shape index (κ1) is 9.17. The highest BCUT2D eigenvalue weighted by atomic mass is 16.1. The number of primary amides is 1. The number of nitrogens with two attached hydrogens (primary N) is 2. The fourth-order valence-corrected chi connectivity index (χ4v) is 0.525. The van der Waals surface area contributed by atoms with E-state index >= 15 is 0 Å². The van der Waals surface area contributed by atoms with Gasteiger partial charge in [-0.3, -0.25) is 4.79 Å². The SMILES string of the molecule is C=CCCC(C)(N)C(N)=O. The minimum atomic E-state index is -0.881. The highest BCUT2D eigenvalue weighted by Crippen LogP contribution is 2.07. The minimum Gasteiger partial charge on any atom is -0.368 e. The first-order chi connectivity index (χ1) is 4.50. The zero-order valence-corrected chi connectivity index (χ0v) is 6.26. The van der Waals surface area contributed by atoms with Gasteiger partial charge in [0.15, 0.2) is 0 Å². The lowest BCUT2D eigenvalue weighted by atomic mass is 9.97. The van der Waals surface area contributed by atoms with Gasteiger partial charge in [0, 0.05) is 0 Å². The van der Waals surface area contributed by atoms with E-state index in [2.05, 4.69) is 6.58 Å². The fraction of sp³-hybridized carbons (Fsp3) is 0.571. The highest BCUT2D eigenvalue weighted by molar-refractivity contribution is 5.83. The second kappa shape index (κ2) is 3.37. The van der Waals surface area contributed by atoms with Crippen LogP contribution in [0.25, 0.3) is 0 Å². The van der Waals surface area contributed by atoms with Crippen molar-refractivity contribution < 1.29 is 4.79 Å². The summed E-state index contributed by atoms with van der Waals surface area (Å²) in [5, 5.41) is 0. The van der Waals surface area contributed by atoms with Crippen molar-refractivity contribution in [2.24, 2.45) is 11.5 Å². The normalized spacial score (nSPS) is 15.8. The number of carbonyl (C=O) groups excluding carboxylic acids is 1. The summed E-state index contributed by atoms with van der Waals surface area (Å²) >= 11 is 0. The second-order valence-corrected chi connectivity index (χ2v) is 2.61. The van der Waals surface area contributed by atoms with Crippen LogP contribution in [-0.4, -0.2) is 11.4 Å². The molecule has 0 saturated carbocycles. The van der Waals surface area contributed by atoms with Gasteiger partial charge in [-0.05, 0) is 19.8 Å². The van der Waals surface area contributed by atoms with Gasteiger partial charge < -0.3 is 11.5 Å². The van der Waals surface area contributed by atoms with Crippen LogP contribution in [0.4, 0.5) is 0 Å². The molecule has 0 aromatic rings. The highest BCUT2D eigenvalue weighted by Gasteiger charge is 2.23. The van der Waals surface area contributed by atoms with Crippen molar-refractivity contribution in [2.45, 2.75) is 25.3 Å². The van der Waals surface area contributed by atoms with Crippen LogP contribution in [0.2, 0.25) is 0 Å². The van der Waals surface area contributed by atoms with Crippen molar-refractivity contribution in [1.29, 1.82) is 0 Å². The molecule has 3 heteroatoms. The molecule has 0 aliphatic carbocycles. The van der Waals surface area contributed by atoms with Gasteiger partial charge in [0.25, 0.3) is 0 Å². The van der Waals surface area contributed by atoms with Crippen LogP contribution >= 0.6 is 0 Å². The van der Waals surface area contributed by atoms with Crippen molar-refractivity contribution >= 4 is 5.91 Å². The zero-order chi connectivity index (χ0) is 8.20. The van der Waals surface area contributed by atoms with Crippen molar-refractivity contribution in [1.82, 2.24) is 0 Å². The molecule has 0 aliphatic rings. The van der Waals surface area contributed by atoms with Gasteiger partial charge in [-0.2, -0.15) is 0 Å². The molecule has 0 radical (unpaired) electrons. The number of amides is 1. The third-order valence-corrected chi connectivity index (χ3v) is 1.43. The van der Waals surface area contributed by atoms with Crippen LogP contribution in [0.15, 0.2) is 12.7 Å². The van der Waals surface area contributed by atoms with E-state index in [4.69, 9.17) is 11.5 Å². The van der Waals surface area contributed by atoms with Gasteiger partial charge in [0.2, 0.25) is 5.91 Å². The predicted octanol–water partition coefficient (Wildman–Crippen LogP) is 0.155. The molecule has 1 amide bonds. The lowest BCUT2D eigenvalue weighted by Gasteiger charge is -2.18. The molecular weight excluding hydrogens is 128 g/mol. The van der Waals surface area contributed by atoms with E-state index < -0.39 is 11.4 Å². The Kier molecular flexibility index (Phi) is 3.09. The Morgan fingerprint density at radius 2 is 2.30 bits per heavy atom. The minimum absolute atomic E-state index is 0.464. The number of hydrogen-bond donors (Lipinski definition) is 2. The summed E-state index contributed by atoms with van der Waals surface area (Å²) in [6.45, 7) is 5.14. The molecule has 0 heterocycles. The van der Waals surface area contributed by atoms with E-state index in [1.54, 1.807) is 13.0 Å². The van der Waals surface area contributed by atoms with Gasteiger partial charge in [0.1, 0.15) is 0 Å². The van der Waals surface area contributed by atoms with Crippen molar-refractivity contribution in [3.63, 3.8) is 0 Å². The van der Waals surface area contributed by atoms with Gasteiger partial charge in [-0.25, -0.2) is 0 Å². The predicted molar refractivity (Wildman–Crippen MR) is 41.2 cm³/mol. The van der Waals surface area contributed by atoms with Crippen molar-refractivity contribution in [3.05, 3.63) is 12.7 Å². The monoisotopic (exact) mass is 142 g/mol. The molecule has 1 unspecified atom stereocenters. The molecule has 58 valence electrons. The third-order valence-electron chi connectivity index (χ3n) is 1.43. The van der Waals surface area contributed by atoms with Crippen molar-refractivity contribution in [3.8, 4) is 0 Å². The molecule has 1 atom stereocenters. The van der Waals surface area contributed by atoms with Crippen LogP contribution in [0.5, 0.6) is 0 Å². The van der Waals surface area contributed by atoms with Crippen molar-refractivity contribution in [2.75, 3.05) is 0 Å². The maximum atomic E-state index is 10.6. The van der Waals surface area contributed by atoms with E-state index in [-0.39, 0.29) is 0 Å². The lowest BCUT2D eigenvalue weighted by molar-refractivity contribution is -0.122. The third kappa shape index (κ3) is 2.64. The van der Waals surface area contributed by atoms with Gasteiger partial charge in [-0.15, -0.1) is 6.58 Å². The maximum Gasteiger partial charge on any atom is 0.237 e. The van der Waals surface area contributed by atoms with E-state index in [0.29, 0.717) is 6.42 Å². The Hall–Kier alpha value is -0.830. The molecule has 0 aliphatic heterocycles. The average Bonchev–Trinajstić information content (AvgIpc) is 1.84. The van der Waals surface area contributed by atoms with Crippen LogP contribution in [-0.2, 0) is 4.79 Å². The lowest BCUT2D eigenvalue weighted by Crippen LogP contribution is -2.49. The summed E-state index contributed by atoms with van der Waals surface area (Å²) in [5.41, 5.74) is 9.66. The van der Waals surface area contributed by atoms with E-state index in [1.165, 1.54) is 0 Å². The Balaban J connectivity index is 3.86. The number of carbonyl (C=O) groups is 1. The van der Waals surface area contributed by atoms with Gasteiger partial charge >= 0.3 is 0 Å². The van der Waals surface area contributed by atoms with E-state index in [1.807, 2.05) is 0 Å². The molecule has 3 nitrogen and oxygen atoms in total. The number of hydrogen-bond acceptors (Lipinski definition) is 2. The molecule has 0 fully saturated rings. The summed E-state index contributed by atoms with van der Waals surface area (Å²) in [7, 11) is 0. The van der Waals surface area contributed by atoms with Crippen LogP contribution in [0, 0.1) is 0 Å². The zero-order valence-electron chi connectivity index (χ0n) is 6.26. The smallest absolute Gasteiger partial charge is 0.237 e.